The number of fused-ring (bicyclic) bond motifs is 1. The van der Waals surface area contributed by atoms with Crippen LogP contribution in [0.5, 0.6) is 0 Å². The average Bonchev–Trinajstić information content (AvgIpc) is 2.61. The van der Waals surface area contributed by atoms with Crippen LogP contribution < -0.4 is 5.43 Å². The molecule has 0 spiro atoms. The lowest BCUT2D eigenvalue weighted by Gasteiger charge is -2.16. The van der Waals surface area contributed by atoms with Crippen molar-refractivity contribution in [3.05, 3.63) is 69.7 Å². The van der Waals surface area contributed by atoms with Crippen LogP contribution in [0, 0.1) is 0 Å². The second kappa shape index (κ2) is 7.63. The quantitative estimate of drug-likeness (QED) is 0.654. The van der Waals surface area contributed by atoms with Crippen LogP contribution in [0.25, 0.3) is 0 Å². The van der Waals surface area contributed by atoms with E-state index in [1.165, 1.54) is 30.4 Å². The van der Waals surface area contributed by atoms with Crippen molar-refractivity contribution in [2.24, 2.45) is 5.10 Å². The Kier molecular flexibility index (Phi) is 5.31. The molecule has 0 bridgehead atoms. The van der Waals surface area contributed by atoms with Gasteiger partial charge in [-0.1, -0.05) is 35.9 Å². The fourth-order valence-corrected chi connectivity index (χ4v) is 3.12. The zero-order chi connectivity index (χ0) is 16.9. The van der Waals surface area contributed by atoms with Gasteiger partial charge in [-0.05, 0) is 73.1 Å². The number of hydrogen-bond acceptors (Lipinski definition) is 2. The Bertz CT molecular complexity index is 766. The molecule has 0 saturated carbocycles. The molecule has 124 valence electrons. The summed E-state index contributed by atoms with van der Waals surface area (Å²) in [5, 5.41) is 4.92. The minimum absolute atomic E-state index is 0.130. The molecule has 3 nitrogen and oxygen atoms in total. The summed E-state index contributed by atoms with van der Waals surface area (Å²) >= 11 is 5.85. The van der Waals surface area contributed by atoms with Gasteiger partial charge >= 0.3 is 0 Å². The molecular formula is C20H21ClN2O. The number of nitrogens with zero attached hydrogens (tertiary/aromatic N) is 1. The number of amides is 1. The van der Waals surface area contributed by atoms with E-state index in [4.69, 9.17) is 11.6 Å². The molecule has 0 unspecified atom stereocenters. The fraction of sp³-hybridized carbons (Fsp3) is 0.300. The Labute approximate surface area is 147 Å². The van der Waals surface area contributed by atoms with Crippen molar-refractivity contribution < 1.29 is 4.79 Å². The maximum atomic E-state index is 12.0. The van der Waals surface area contributed by atoms with E-state index >= 15 is 0 Å². The van der Waals surface area contributed by atoms with Crippen molar-refractivity contribution >= 4 is 23.2 Å². The van der Waals surface area contributed by atoms with Crippen LogP contribution in [0.2, 0.25) is 5.02 Å². The second-order valence-electron chi connectivity index (χ2n) is 6.23. The van der Waals surface area contributed by atoms with Crippen LogP contribution in [0.4, 0.5) is 0 Å². The minimum Gasteiger partial charge on any atom is -0.273 e. The molecule has 0 aliphatic heterocycles. The van der Waals surface area contributed by atoms with Gasteiger partial charge in [0.2, 0.25) is 5.91 Å². The highest BCUT2D eigenvalue weighted by Crippen LogP contribution is 2.22. The summed E-state index contributed by atoms with van der Waals surface area (Å²) in [6, 6.07) is 13.8. The molecule has 1 N–H and O–H groups in total. The molecule has 0 fully saturated rings. The first-order valence-corrected chi connectivity index (χ1v) is 8.69. The smallest absolute Gasteiger partial charge is 0.244 e. The number of hydrogen-bond donors (Lipinski definition) is 1. The summed E-state index contributed by atoms with van der Waals surface area (Å²) in [6.45, 7) is 1.92. The predicted molar refractivity (Wildman–Crippen MR) is 98.6 cm³/mol. The second-order valence-corrected chi connectivity index (χ2v) is 6.66. The third-order valence-electron chi connectivity index (χ3n) is 4.39. The van der Waals surface area contributed by atoms with Gasteiger partial charge < -0.3 is 0 Å². The Balaban J connectivity index is 1.63. The van der Waals surface area contributed by atoms with Gasteiger partial charge in [-0.25, -0.2) is 5.43 Å². The number of aryl methyl sites for hydroxylation is 2. The zero-order valence-corrected chi connectivity index (χ0v) is 14.6. The topological polar surface area (TPSA) is 41.5 Å². The van der Waals surface area contributed by atoms with Crippen LogP contribution in [0.15, 0.2) is 47.6 Å². The lowest BCUT2D eigenvalue weighted by molar-refractivity contribution is -0.120. The van der Waals surface area contributed by atoms with Gasteiger partial charge in [0.25, 0.3) is 0 Å². The Morgan fingerprint density at radius 1 is 1.08 bits per heavy atom. The largest absolute Gasteiger partial charge is 0.273 e. The summed E-state index contributed by atoms with van der Waals surface area (Å²) < 4.78 is 0. The third-order valence-corrected chi connectivity index (χ3v) is 4.64. The highest BCUT2D eigenvalue weighted by atomic mass is 35.5. The van der Waals surface area contributed by atoms with Crippen LogP contribution in [-0.2, 0) is 24.1 Å². The van der Waals surface area contributed by atoms with Gasteiger partial charge in [0.1, 0.15) is 0 Å². The highest BCUT2D eigenvalue weighted by Gasteiger charge is 2.10. The summed E-state index contributed by atoms with van der Waals surface area (Å²) in [5.74, 6) is -0.130. The number of hydrazone groups is 1. The van der Waals surface area contributed by atoms with Crippen molar-refractivity contribution in [3.63, 3.8) is 0 Å². The van der Waals surface area contributed by atoms with E-state index < -0.39 is 0 Å². The number of benzene rings is 2. The number of nitrogens with one attached hydrogen (secondary N) is 1. The first-order valence-electron chi connectivity index (χ1n) is 8.31. The molecule has 24 heavy (non-hydrogen) atoms. The summed E-state index contributed by atoms with van der Waals surface area (Å²) in [5.41, 5.74) is 8.32. The number of carbonyl (C=O) groups excluding carboxylic acids is 1. The van der Waals surface area contributed by atoms with Crippen molar-refractivity contribution in [2.75, 3.05) is 0 Å². The van der Waals surface area contributed by atoms with E-state index in [1.54, 1.807) is 12.1 Å². The van der Waals surface area contributed by atoms with Gasteiger partial charge in [-0.2, -0.15) is 5.10 Å². The molecule has 0 atom stereocenters. The van der Waals surface area contributed by atoms with Crippen molar-refractivity contribution in [1.29, 1.82) is 0 Å². The predicted octanol–water partition coefficient (Wildman–Crippen LogP) is 4.30. The maximum Gasteiger partial charge on any atom is 0.244 e. The lowest BCUT2D eigenvalue weighted by Crippen LogP contribution is -2.21. The van der Waals surface area contributed by atoms with E-state index in [-0.39, 0.29) is 12.3 Å². The summed E-state index contributed by atoms with van der Waals surface area (Å²) in [7, 11) is 0. The van der Waals surface area contributed by atoms with Gasteiger partial charge in [0.05, 0.1) is 12.1 Å². The fourth-order valence-electron chi connectivity index (χ4n) is 3.00. The third kappa shape index (κ3) is 4.24. The highest BCUT2D eigenvalue weighted by molar-refractivity contribution is 6.30. The molecule has 0 aromatic heterocycles. The van der Waals surface area contributed by atoms with Crippen LogP contribution in [0.1, 0.15) is 42.0 Å². The van der Waals surface area contributed by atoms with Gasteiger partial charge in [-0.3, -0.25) is 4.79 Å². The first kappa shape index (κ1) is 16.7. The molecule has 1 aliphatic carbocycles. The van der Waals surface area contributed by atoms with Gasteiger partial charge in [0, 0.05) is 5.02 Å². The summed E-state index contributed by atoms with van der Waals surface area (Å²) in [4.78, 5) is 12.0. The Morgan fingerprint density at radius 2 is 1.79 bits per heavy atom. The molecule has 3 rings (SSSR count). The summed E-state index contributed by atoms with van der Waals surface area (Å²) in [6.07, 6.45) is 5.13. The van der Waals surface area contributed by atoms with Crippen LogP contribution in [-0.4, -0.2) is 11.6 Å². The van der Waals surface area contributed by atoms with E-state index in [0.717, 1.165) is 23.3 Å². The van der Waals surface area contributed by atoms with Gasteiger partial charge in [0.15, 0.2) is 0 Å². The van der Waals surface area contributed by atoms with E-state index in [1.807, 2.05) is 19.1 Å². The minimum atomic E-state index is -0.130. The normalized spacial score (nSPS) is 14.2. The molecule has 1 amide bonds. The first-order chi connectivity index (χ1) is 11.6. The molecular weight excluding hydrogens is 320 g/mol. The molecule has 4 heteroatoms. The van der Waals surface area contributed by atoms with Gasteiger partial charge in [-0.15, -0.1) is 0 Å². The molecule has 1 aliphatic rings. The Hall–Kier alpha value is -2.13. The molecule has 2 aromatic carbocycles. The Morgan fingerprint density at radius 3 is 2.54 bits per heavy atom. The van der Waals surface area contributed by atoms with Crippen molar-refractivity contribution in [3.8, 4) is 0 Å². The molecule has 0 radical (unpaired) electrons. The van der Waals surface area contributed by atoms with Crippen LogP contribution in [0.3, 0.4) is 0 Å². The SMILES string of the molecule is C/C(=N\NC(=O)Cc1ccc(Cl)cc1)c1ccc2c(c1)CCCC2. The monoisotopic (exact) mass is 340 g/mol. The number of halogens is 1. The average molecular weight is 341 g/mol. The van der Waals surface area contributed by atoms with Crippen molar-refractivity contribution in [1.82, 2.24) is 5.43 Å². The number of rotatable bonds is 4. The lowest BCUT2D eigenvalue weighted by atomic mass is 9.90. The van der Waals surface area contributed by atoms with E-state index in [9.17, 15) is 4.79 Å². The maximum absolute atomic E-state index is 12.0. The van der Waals surface area contributed by atoms with E-state index in [0.29, 0.717) is 5.02 Å². The standard InChI is InChI=1S/C20H21ClN2O/c1-14(17-9-8-16-4-2-3-5-18(16)13-17)22-23-20(24)12-15-6-10-19(21)11-7-15/h6-11,13H,2-5,12H2,1H3,(H,23,24)/b22-14+. The van der Waals surface area contributed by atoms with Crippen LogP contribution >= 0.6 is 11.6 Å². The van der Waals surface area contributed by atoms with Crippen molar-refractivity contribution in [2.45, 2.75) is 39.0 Å². The zero-order valence-electron chi connectivity index (χ0n) is 13.8. The molecule has 0 saturated heterocycles. The number of carbonyl (C=O) groups is 1. The molecule has 0 heterocycles. The molecule has 2 aromatic rings. The van der Waals surface area contributed by atoms with E-state index in [2.05, 4.69) is 28.7 Å².